The van der Waals surface area contributed by atoms with Crippen LogP contribution in [0.2, 0.25) is 0 Å². The molecular weight excluding hydrogens is 228 g/mol. The average molecular weight is 248 g/mol. The number of amides is 1. The standard InChI is InChI=1S/C14H20N2O2/c1-18-8-7-13(15)14(17)16-12-6-5-10-3-2-4-11(10)9-12/h5-6,9,13H,2-4,7-8,15H2,1H3,(H,16,17). The van der Waals surface area contributed by atoms with E-state index in [2.05, 4.69) is 17.4 Å². The molecule has 1 aromatic carbocycles. The SMILES string of the molecule is COCCC(N)C(=O)Nc1ccc2c(c1)CCC2. The van der Waals surface area contributed by atoms with Crippen molar-refractivity contribution in [3.63, 3.8) is 0 Å². The number of benzene rings is 1. The Morgan fingerprint density at radius 2 is 2.22 bits per heavy atom. The molecule has 4 nitrogen and oxygen atoms in total. The van der Waals surface area contributed by atoms with E-state index in [1.807, 2.05) is 6.07 Å². The van der Waals surface area contributed by atoms with Crippen LogP contribution in [0, 0.1) is 0 Å². The number of rotatable bonds is 5. The highest BCUT2D eigenvalue weighted by molar-refractivity contribution is 5.94. The van der Waals surface area contributed by atoms with Gasteiger partial charge >= 0.3 is 0 Å². The molecule has 0 spiro atoms. The Labute approximate surface area is 108 Å². The van der Waals surface area contributed by atoms with Crippen LogP contribution in [0.25, 0.3) is 0 Å². The molecule has 0 aromatic heterocycles. The van der Waals surface area contributed by atoms with E-state index in [-0.39, 0.29) is 5.91 Å². The number of methoxy groups -OCH3 is 1. The Bertz CT molecular complexity index is 432. The van der Waals surface area contributed by atoms with Gasteiger partial charge in [0.25, 0.3) is 0 Å². The number of carbonyl (C=O) groups excluding carboxylic acids is 1. The van der Waals surface area contributed by atoms with E-state index in [0.29, 0.717) is 13.0 Å². The van der Waals surface area contributed by atoms with E-state index in [9.17, 15) is 4.79 Å². The van der Waals surface area contributed by atoms with Gasteiger partial charge in [0.05, 0.1) is 6.04 Å². The van der Waals surface area contributed by atoms with Gasteiger partial charge in [-0.05, 0) is 48.9 Å². The lowest BCUT2D eigenvalue weighted by atomic mass is 10.1. The minimum Gasteiger partial charge on any atom is -0.385 e. The first-order valence-corrected chi connectivity index (χ1v) is 6.38. The maximum atomic E-state index is 11.8. The minimum atomic E-state index is -0.516. The third-order valence-corrected chi connectivity index (χ3v) is 3.34. The number of hydrogen-bond donors (Lipinski definition) is 2. The van der Waals surface area contributed by atoms with E-state index >= 15 is 0 Å². The van der Waals surface area contributed by atoms with E-state index in [1.54, 1.807) is 7.11 Å². The summed E-state index contributed by atoms with van der Waals surface area (Å²) >= 11 is 0. The first-order valence-electron chi connectivity index (χ1n) is 6.38. The molecule has 1 aromatic rings. The summed E-state index contributed by atoms with van der Waals surface area (Å²) < 4.78 is 4.91. The smallest absolute Gasteiger partial charge is 0.241 e. The third kappa shape index (κ3) is 3.09. The summed E-state index contributed by atoms with van der Waals surface area (Å²) in [6.45, 7) is 0.499. The molecule has 18 heavy (non-hydrogen) atoms. The molecule has 4 heteroatoms. The van der Waals surface area contributed by atoms with Gasteiger partial charge in [0.15, 0.2) is 0 Å². The van der Waals surface area contributed by atoms with Crippen molar-refractivity contribution in [2.75, 3.05) is 19.0 Å². The van der Waals surface area contributed by atoms with Crippen molar-refractivity contribution in [2.24, 2.45) is 5.73 Å². The number of fused-ring (bicyclic) bond motifs is 1. The van der Waals surface area contributed by atoms with Gasteiger partial charge in [-0.15, -0.1) is 0 Å². The topological polar surface area (TPSA) is 64.3 Å². The van der Waals surface area contributed by atoms with Crippen LogP contribution in [-0.2, 0) is 22.4 Å². The van der Waals surface area contributed by atoms with Crippen LogP contribution >= 0.6 is 0 Å². The summed E-state index contributed by atoms with van der Waals surface area (Å²) in [5.74, 6) is -0.148. The lowest BCUT2D eigenvalue weighted by molar-refractivity contribution is -0.117. The molecule has 98 valence electrons. The second-order valence-electron chi connectivity index (χ2n) is 4.71. The zero-order valence-corrected chi connectivity index (χ0v) is 10.7. The molecule has 0 radical (unpaired) electrons. The fourth-order valence-electron chi connectivity index (χ4n) is 2.26. The molecule has 3 N–H and O–H groups in total. The van der Waals surface area contributed by atoms with Crippen molar-refractivity contribution in [1.29, 1.82) is 0 Å². The summed E-state index contributed by atoms with van der Waals surface area (Å²) in [6, 6.07) is 5.59. The predicted molar refractivity (Wildman–Crippen MR) is 71.6 cm³/mol. The maximum Gasteiger partial charge on any atom is 0.241 e. The molecule has 0 bridgehead atoms. The van der Waals surface area contributed by atoms with Crippen molar-refractivity contribution in [3.8, 4) is 0 Å². The molecule has 1 aliphatic rings. The molecule has 1 aliphatic carbocycles. The van der Waals surface area contributed by atoms with Crippen LogP contribution in [-0.4, -0.2) is 25.7 Å². The van der Waals surface area contributed by atoms with Crippen LogP contribution < -0.4 is 11.1 Å². The van der Waals surface area contributed by atoms with Crippen molar-refractivity contribution < 1.29 is 9.53 Å². The number of anilines is 1. The molecule has 1 amide bonds. The van der Waals surface area contributed by atoms with Crippen LogP contribution in [0.15, 0.2) is 18.2 Å². The summed E-state index contributed by atoms with van der Waals surface area (Å²) in [7, 11) is 1.60. The van der Waals surface area contributed by atoms with Crippen LogP contribution in [0.1, 0.15) is 24.0 Å². The van der Waals surface area contributed by atoms with Gasteiger partial charge in [-0.1, -0.05) is 6.07 Å². The predicted octanol–water partition coefficient (Wildman–Crippen LogP) is 1.48. The second-order valence-corrected chi connectivity index (χ2v) is 4.71. The molecule has 0 heterocycles. The van der Waals surface area contributed by atoms with Crippen LogP contribution in [0.3, 0.4) is 0 Å². The van der Waals surface area contributed by atoms with Gasteiger partial charge in [-0.3, -0.25) is 4.79 Å². The molecule has 0 saturated heterocycles. The van der Waals surface area contributed by atoms with Gasteiger partial charge in [0, 0.05) is 19.4 Å². The molecule has 2 rings (SSSR count). The number of aryl methyl sites for hydroxylation is 2. The number of nitrogens with two attached hydrogens (primary N) is 1. The average Bonchev–Trinajstić information content (AvgIpc) is 2.83. The van der Waals surface area contributed by atoms with Crippen molar-refractivity contribution in [3.05, 3.63) is 29.3 Å². The third-order valence-electron chi connectivity index (χ3n) is 3.34. The Morgan fingerprint density at radius 3 is 3.00 bits per heavy atom. The first kappa shape index (κ1) is 13.1. The highest BCUT2D eigenvalue weighted by Gasteiger charge is 2.15. The Hall–Kier alpha value is -1.39. The maximum absolute atomic E-state index is 11.8. The summed E-state index contributed by atoms with van der Waals surface area (Å²) in [4.78, 5) is 11.8. The largest absolute Gasteiger partial charge is 0.385 e. The van der Waals surface area contributed by atoms with Crippen molar-refractivity contribution >= 4 is 11.6 Å². The highest BCUT2D eigenvalue weighted by atomic mass is 16.5. The van der Waals surface area contributed by atoms with Gasteiger partial charge in [0.1, 0.15) is 0 Å². The zero-order valence-electron chi connectivity index (χ0n) is 10.7. The Kier molecular flexibility index (Phi) is 4.33. The van der Waals surface area contributed by atoms with E-state index in [4.69, 9.17) is 10.5 Å². The minimum absolute atomic E-state index is 0.148. The lowest BCUT2D eigenvalue weighted by Gasteiger charge is -2.12. The molecule has 1 unspecified atom stereocenters. The highest BCUT2D eigenvalue weighted by Crippen LogP contribution is 2.24. The number of ether oxygens (including phenoxy) is 1. The fraction of sp³-hybridized carbons (Fsp3) is 0.500. The van der Waals surface area contributed by atoms with E-state index < -0.39 is 6.04 Å². The Morgan fingerprint density at radius 1 is 1.44 bits per heavy atom. The lowest BCUT2D eigenvalue weighted by Crippen LogP contribution is -2.36. The fourth-order valence-corrected chi connectivity index (χ4v) is 2.26. The van der Waals surface area contributed by atoms with Crippen molar-refractivity contribution in [1.82, 2.24) is 0 Å². The summed E-state index contributed by atoms with van der Waals surface area (Å²) in [5, 5.41) is 2.86. The van der Waals surface area contributed by atoms with Gasteiger partial charge in [-0.25, -0.2) is 0 Å². The zero-order chi connectivity index (χ0) is 13.0. The molecule has 0 aliphatic heterocycles. The first-order chi connectivity index (χ1) is 8.70. The van der Waals surface area contributed by atoms with E-state index in [0.717, 1.165) is 18.5 Å². The summed E-state index contributed by atoms with van der Waals surface area (Å²) in [6.07, 6.45) is 4.00. The molecule has 0 saturated carbocycles. The normalized spacial score (nSPS) is 15.2. The van der Waals surface area contributed by atoms with Gasteiger partial charge < -0.3 is 15.8 Å². The summed E-state index contributed by atoms with van der Waals surface area (Å²) in [5.41, 5.74) is 9.36. The molecule has 1 atom stereocenters. The number of nitrogens with one attached hydrogen (secondary N) is 1. The van der Waals surface area contributed by atoms with E-state index in [1.165, 1.54) is 17.5 Å². The molecular formula is C14H20N2O2. The van der Waals surface area contributed by atoms with Crippen LogP contribution in [0.5, 0.6) is 0 Å². The molecule has 0 fully saturated rings. The second kappa shape index (κ2) is 5.98. The monoisotopic (exact) mass is 248 g/mol. The number of carbonyl (C=O) groups is 1. The quantitative estimate of drug-likeness (QED) is 0.829. The van der Waals surface area contributed by atoms with Gasteiger partial charge in [0.2, 0.25) is 5.91 Å². The van der Waals surface area contributed by atoms with Crippen LogP contribution in [0.4, 0.5) is 5.69 Å². The Balaban J connectivity index is 1.94. The van der Waals surface area contributed by atoms with Gasteiger partial charge in [-0.2, -0.15) is 0 Å². The van der Waals surface area contributed by atoms with Crippen molar-refractivity contribution in [2.45, 2.75) is 31.7 Å². The number of hydrogen-bond acceptors (Lipinski definition) is 3.